The van der Waals surface area contributed by atoms with Crippen LogP contribution in [0.1, 0.15) is 20.8 Å². The number of benzene rings is 1. The molecule has 2 heterocycles. The van der Waals surface area contributed by atoms with Crippen LogP contribution in [0.2, 0.25) is 5.15 Å². The van der Waals surface area contributed by atoms with Gasteiger partial charge in [0.25, 0.3) is 5.91 Å². The van der Waals surface area contributed by atoms with Crippen LogP contribution < -0.4 is 5.32 Å². The molecule has 1 amide bonds. The molecule has 1 aromatic carbocycles. The van der Waals surface area contributed by atoms with Crippen molar-refractivity contribution in [2.75, 3.05) is 5.32 Å². The first-order valence-electron chi connectivity index (χ1n) is 6.73. The van der Waals surface area contributed by atoms with E-state index in [0.29, 0.717) is 17.1 Å². The first-order chi connectivity index (χ1) is 11.1. The summed E-state index contributed by atoms with van der Waals surface area (Å²) >= 11 is 7.25. The quantitative estimate of drug-likeness (QED) is 0.720. The van der Waals surface area contributed by atoms with Gasteiger partial charge in [-0.05, 0) is 29.8 Å². The second kappa shape index (κ2) is 6.85. The highest BCUT2D eigenvalue weighted by Crippen LogP contribution is 2.22. The summed E-state index contributed by atoms with van der Waals surface area (Å²) in [7, 11) is 0. The van der Waals surface area contributed by atoms with E-state index in [1.165, 1.54) is 29.7 Å². The molecule has 0 saturated heterocycles. The molecule has 116 valence electrons. The molecule has 7 heteroatoms. The van der Waals surface area contributed by atoms with Crippen molar-refractivity contribution in [2.24, 2.45) is 0 Å². The summed E-state index contributed by atoms with van der Waals surface area (Å²) in [5.74, 6) is -0.620. The van der Waals surface area contributed by atoms with Gasteiger partial charge in [-0.1, -0.05) is 23.7 Å². The maximum absolute atomic E-state index is 12.9. The van der Waals surface area contributed by atoms with Gasteiger partial charge in [-0.25, -0.2) is 14.4 Å². The Morgan fingerprint density at radius 3 is 2.74 bits per heavy atom. The Kier molecular flexibility index (Phi) is 4.64. The first kappa shape index (κ1) is 15.6. The van der Waals surface area contributed by atoms with Crippen LogP contribution in [0, 0.1) is 5.82 Å². The smallest absolute Gasteiger partial charge is 0.260 e. The third-order valence-corrected chi connectivity index (χ3v) is 4.28. The van der Waals surface area contributed by atoms with Gasteiger partial charge in [-0.3, -0.25) is 10.1 Å². The third kappa shape index (κ3) is 3.91. The molecular weight excluding hydrogens is 337 g/mol. The predicted octanol–water partition coefficient (Wildman–Crippen LogP) is 4.17. The van der Waals surface area contributed by atoms with E-state index in [4.69, 9.17) is 11.6 Å². The standard InChI is InChI=1S/C16H11ClFN3OS/c17-14-13(2-1-7-19-14)15(22)21-16-20-9-12(23-16)8-10-3-5-11(18)6-4-10/h1-7,9H,8H2,(H,20,21,22). The van der Waals surface area contributed by atoms with E-state index < -0.39 is 0 Å². The number of anilines is 1. The maximum Gasteiger partial charge on any atom is 0.260 e. The lowest BCUT2D eigenvalue weighted by atomic mass is 10.1. The lowest BCUT2D eigenvalue weighted by Gasteiger charge is -2.02. The molecule has 0 spiro atoms. The zero-order valence-corrected chi connectivity index (χ0v) is 13.4. The van der Waals surface area contributed by atoms with Gasteiger partial charge in [0, 0.05) is 23.7 Å². The van der Waals surface area contributed by atoms with E-state index in [1.807, 2.05) is 0 Å². The van der Waals surface area contributed by atoms with E-state index in [2.05, 4.69) is 15.3 Å². The predicted molar refractivity (Wildman–Crippen MR) is 88.5 cm³/mol. The van der Waals surface area contributed by atoms with Crippen molar-refractivity contribution in [2.45, 2.75) is 6.42 Å². The van der Waals surface area contributed by atoms with Crippen molar-refractivity contribution in [3.05, 3.63) is 75.8 Å². The van der Waals surface area contributed by atoms with Gasteiger partial charge in [-0.15, -0.1) is 11.3 Å². The van der Waals surface area contributed by atoms with Crippen LogP contribution in [0.15, 0.2) is 48.8 Å². The molecule has 0 bridgehead atoms. The summed E-state index contributed by atoms with van der Waals surface area (Å²) in [5.41, 5.74) is 1.27. The van der Waals surface area contributed by atoms with Crippen molar-refractivity contribution < 1.29 is 9.18 Å². The fourth-order valence-corrected chi connectivity index (χ4v) is 3.02. The second-order valence-electron chi connectivity index (χ2n) is 4.73. The molecule has 0 fully saturated rings. The van der Waals surface area contributed by atoms with Crippen molar-refractivity contribution in [3.8, 4) is 0 Å². The number of pyridine rings is 1. The summed E-state index contributed by atoms with van der Waals surface area (Å²) in [5, 5.41) is 3.32. The topological polar surface area (TPSA) is 54.9 Å². The maximum atomic E-state index is 12.9. The summed E-state index contributed by atoms with van der Waals surface area (Å²) in [6.45, 7) is 0. The SMILES string of the molecule is O=C(Nc1ncc(Cc2ccc(F)cc2)s1)c1cccnc1Cl. The molecule has 0 aliphatic heterocycles. The molecule has 2 aromatic heterocycles. The van der Waals surface area contributed by atoms with Gasteiger partial charge in [0.05, 0.1) is 5.56 Å². The minimum atomic E-state index is -0.356. The van der Waals surface area contributed by atoms with Crippen LogP contribution in [0.4, 0.5) is 9.52 Å². The summed E-state index contributed by atoms with van der Waals surface area (Å²) in [6.07, 6.45) is 3.83. The number of hydrogen-bond donors (Lipinski definition) is 1. The molecule has 0 saturated carbocycles. The number of hydrogen-bond acceptors (Lipinski definition) is 4. The number of rotatable bonds is 4. The van der Waals surface area contributed by atoms with Crippen LogP contribution in [0.5, 0.6) is 0 Å². The molecule has 0 radical (unpaired) electrons. The fourth-order valence-electron chi connectivity index (χ4n) is 1.97. The highest BCUT2D eigenvalue weighted by Gasteiger charge is 2.13. The van der Waals surface area contributed by atoms with E-state index in [1.54, 1.807) is 30.5 Å². The second-order valence-corrected chi connectivity index (χ2v) is 6.20. The highest BCUT2D eigenvalue weighted by atomic mass is 35.5. The minimum absolute atomic E-state index is 0.146. The molecule has 3 rings (SSSR count). The first-order valence-corrected chi connectivity index (χ1v) is 7.92. The van der Waals surface area contributed by atoms with Crippen LogP contribution in [-0.2, 0) is 6.42 Å². The lowest BCUT2D eigenvalue weighted by molar-refractivity contribution is 0.102. The van der Waals surface area contributed by atoms with Crippen molar-refractivity contribution >= 4 is 34.0 Å². The van der Waals surface area contributed by atoms with Crippen LogP contribution in [0.25, 0.3) is 0 Å². The van der Waals surface area contributed by atoms with E-state index >= 15 is 0 Å². The van der Waals surface area contributed by atoms with E-state index in [-0.39, 0.29) is 16.9 Å². The van der Waals surface area contributed by atoms with Gasteiger partial charge in [0.2, 0.25) is 0 Å². The van der Waals surface area contributed by atoms with Crippen molar-refractivity contribution in [1.82, 2.24) is 9.97 Å². The average Bonchev–Trinajstić information content (AvgIpc) is 2.97. The zero-order chi connectivity index (χ0) is 16.2. The number of carbonyl (C=O) groups excluding carboxylic acids is 1. The number of amides is 1. The molecule has 1 N–H and O–H groups in total. The van der Waals surface area contributed by atoms with Crippen LogP contribution >= 0.6 is 22.9 Å². The minimum Gasteiger partial charge on any atom is -0.298 e. The number of nitrogens with one attached hydrogen (secondary N) is 1. The summed E-state index contributed by atoms with van der Waals surface area (Å²) in [4.78, 5) is 21.1. The molecule has 0 unspecified atom stereocenters. The Bertz CT molecular complexity index is 835. The van der Waals surface area contributed by atoms with Crippen LogP contribution in [0.3, 0.4) is 0 Å². The van der Waals surface area contributed by atoms with Crippen molar-refractivity contribution in [3.63, 3.8) is 0 Å². The Morgan fingerprint density at radius 2 is 2.00 bits per heavy atom. The lowest BCUT2D eigenvalue weighted by Crippen LogP contribution is -2.12. The molecule has 0 aliphatic rings. The zero-order valence-electron chi connectivity index (χ0n) is 11.8. The highest BCUT2D eigenvalue weighted by molar-refractivity contribution is 7.15. The van der Waals surface area contributed by atoms with E-state index in [0.717, 1.165) is 10.4 Å². The summed E-state index contributed by atoms with van der Waals surface area (Å²) in [6, 6.07) is 9.53. The Morgan fingerprint density at radius 1 is 1.22 bits per heavy atom. The van der Waals surface area contributed by atoms with Gasteiger partial charge >= 0.3 is 0 Å². The molecule has 3 aromatic rings. The molecular formula is C16H11ClFN3OS. The number of carbonyl (C=O) groups is 1. The molecule has 23 heavy (non-hydrogen) atoms. The van der Waals surface area contributed by atoms with E-state index in [9.17, 15) is 9.18 Å². The Balaban J connectivity index is 1.69. The normalized spacial score (nSPS) is 10.5. The largest absolute Gasteiger partial charge is 0.298 e. The number of aromatic nitrogens is 2. The Hall–Kier alpha value is -2.31. The summed E-state index contributed by atoms with van der Waals surface area (Å²) < 4.78 is 12.9. The monoisotopic (exact) mass is 347 g/mol. The van der Waals surface area contributed by atoms with Crippen molar-refractivity contribution in [1.29, 1.82) is 0 Å². The van der Waals surface area contributed by atoms with Gasteiger partial charge < -0.3 is 0 Å². The average molecular weight is 348 g/mol. The van der Waals surface area contributed by atoms with Gasteiger partial charge in [-0.2, -0.15) is 0 Å². The Labute approximate surface area is 141 Å². The molecule has 4 nitrogen and oxygen atoms in total. The fraction of sp³-hybridized carbons (Fsp3) is 0.0625. The molecule has 0 aliphatic carbocycles. The third-order valence-electron chi connectivity index (χ3n) is 3.07. The van der Waals surface area contributed by atoms with Gasteiger partial charge in [0.1, 0.15) is 11.0 Å². The number of thiazole rings is 1. The van der Waals surface area contributed by atoms with Crippen LogP contribution in [-0.4, -0.2) is 15.9 Å². The van der Waals surface area contributed by atoms with Gasteiger partial charge in [0.15, 0.2) is 5.13 Å². The number of nitrogens with zero attached hydrogens (tertiary/aromatic N) is 2. The molecule has 0 atom stereocenters. The number of halogens is 2.